The second kappa shape index (κ2) is 4.84. The van der Waals surface area contributed by atoms with Gasteiger partial charge in [-0.1, -0.05) is 25.4 Å². The third-order valence-electron chi connectivity index (χ3n) is 3.76. The van der Waals surface area contributed by atoms with Gasteiger partial charge in [-0.05, 0) is 27.8 Å². The lowest BCUT2D eigenvalue weighted by atomic mass is 9.90. The highest BCUT2D eigenvalue weighted by atomic mass is 79.9. The van der Waals surface area contributed by atoms with Crippen molar-refractivity contribution < 1.29 is 9.90 Å². The maximum absolute atomic E-state index is 11.5. The highest BCUT2D eigenvalue weighted by molar-refractivity contribution is 9.10. The summed E-state index contributed by atoms with van der Waals surface area (Å²) in [6.45, 7) is 4.60. The Kier molecular flexibility index (Phi) is 3.37. The van der Waals surface area contributed by atoms with Crippen molar-refractivity contribution in [2.75, 3.05) is 6.54 Å². The van der Waals surface area contributed by atoms with Gasteiger partial charge in [0.1, 0.15) is 15.9 Å². The molecule has 2 aromatic heterocycles. The Hall–Kier alpha value is -1.34. The van der Waals surface area contributed by atoms with Crippen LogP contribution in [0.3, 0.4) is 0 Å². The summed E-state index contributed by atoms with van der Waals surface area (Å²) in [6.07, 6.45) is 3.11. The van der Waals surface area contributed by atoms with Crippen molar-refractivity contribution in [3.63, 3.8) is 0 Å². The number of nitrogens with zero attached hydrogens (tertiary/aromatic N) is 4. The Morgan fingerprint density at radius 1 is 1.57 bits per heavy atom. The van der Waals surface area contributed by atoms with Crippen molar-refractivity contribution in [2.45, 2.75) is 26.3 Å². The van der Waals surface area contributed by atoms with Crippen LogP contribution in [0.1, 0.15) is 32.1 Å². The molecule has 0 aliphatic carbocycles. The summed E-state index contributed by atoms with van der Waals surface area (Å²) in [5, 5.41) is 9.78. The summed E-state index contributed by atoms with van der Waals surface area (Å²) in [7, 11) is 0. The second-order valence-electron chi connectivity index (χ2n) is 5.99. The smallest absolute Gasteiger partial charge is 0.407 e. The van der Waals surface area contributed by atoms with Crippen molar-refractivity contribution >= 4 is 39.1 Å². The van der Waals surface area contributed by atoms with Crippen LogP contribution in [0.5, 0.6) is 0 Å². The first-order chi connectivity index (χ1) is 9.80. The summed E-state index contributed by atoms with van der Waals surface area (Å²) in [6, 6.07) is -0.297. The fourth-order valence-corrected chi connectivity index (χ4v) is 3.83. The molecule has 2 aromatic rings. The minimum atomic E-state index is -0.932. The van der Waals surface area contributed by atoms with E-state index in [0.717, 1.165) is 0 Å². The largest absolute Gasteiger partial charge is 0.465 e. The zero-order chi connectivity index (χ0) is 15.4. The molecule has 1 saturated heterocycles. The quantitative estimate of drug-likeness (QED) is 0.829. The van der Waals surface area contributed by atoms with Crippen molar-refractivity contribution in [3.8, 4) is 0 Å². The van der Waals surface area contributed by atoms with Crippen LogP contribution in [0.4, 0.5) is 4.79 Å². The zero-order valence-corrected chi connectivity index (χ0v) is 13.9. The van der Waals surface area contributed by atoms with Gasteiger partial charge in [-0.25, -0.2) is 14.8 Å². The highest BCUT2D eigenvalue weighted by Gasteiger charge is 2.43. The number of amides is 1. The topological polar surface area (TPSA) is 70.7 Å². The molecule has 0 unspecified atom stereocenters. The SMILES string of the molecule is CC1(C)C[C@@H](c2nc(Br)c3c(Cl)nccn23)N(C(=O)O)C1. The van der Waals surface area contributed by atoms with Gasteiger partial charge in [0, 0.05) is 18.9 Å². The molecule has 1 N–H and O–H groups in total. The summed E-state index contributed by atoms with van der Waals surface area (Å²) in [5.41, 5.74) is 0.572. The van der Waals surface area contributed by atoms with E-state index in [1.807, 2.05) is 0 Å². The van der Waals surface area contributed by atoms with E-state index in [-0.39, 0.29) is 11.5 Å². The van der Waals surface area contributed by atoms with Gasteiger partial charge in [-0.3, -0.25) is 9.30 Å². The van der Waals surface area contributed by atoms with E-state index < -0.39 is 6.09 Å². The number of aromatic nitrogens is 3. The van der Waals surface area contributed by atoms with Crippen LogP contribution in [-0.2, 0) is 0 Å². The van der Waals surface area contributed by atoms with Gasteiger partial charge in [0.15, 0.2) is 5.15 Å². The van der Waals surface area contributed by atoms with E-state index in [1.54, 1.807) is 16.8 Å². The van der Waals surface area contributed by atoms with Crippen LogP contribution in [0.15, 0.2) is 17.0 Å². The van der Waals surface area contributed by atoms with Crippen LogP contribution in [-0.4, -0.2) is 37.0 Å². The lowest BCUT2D eigenvalue weighted by molar-refractivity contribution is 0.135. The number of halogens is 2. The molecule has 6 nitrogen and oxygen atoms in total. The molecule has 3 heterocycles. The second-order valence-corrected chi connectivity index (χ2v) is 7.10. The normalized spacial score (nSPS) is 21.1. The molecule has 1 aliphatic heterocycles. The van der Waals surface area contributed by atoms with Crippen molar-refractivity contribution in [1.29, 1.82) is 0 Å². The average Bonchev–Trinajstić information content (AvgIpc) is 2.88. The predicted molar refractivity (Wildman–Crippen MR) is 81.6 cm³/mol. The lowest BCUT2D eigenvalue weighted by Crippen LogP contribution is -2.31. The molecule has 8 heteroatoms. The van der Waals surface area contributed by atoms with Crippen molar-refractivity contribution in [2.24, 2.45) is 5.41 Å². The van der Waals surface area contributed by atoms with Gasteiger partial charge in [-0.2, -0.15) is 0 Å². The number of carbonyl (C=O) groups is 1. The molecule has 112 valence electrons. The maximum atomic E-state index is 11.5. The zero-order valence-electron chi connectivity index (χ0n) is 11.5. The minimum absolute atomic E-state index is 0.0851. The van der Waals surface area contributed by atoms with Crippen LogP contribution >= 0.6 is 27.5 Å². The van der Waals surface area contributed by atoms with Crippen LogP contribution in [0.2, 0.25) is 5.15 Å². The van der Waals surface area contributed by atoms with Gasteiger partial charge < -0.3 is 5.11 Å². The number of hydrogen-bond acceptors (Lipinski definition) is 3. The van der Waals surface area contributed by atoms with Crippen LogP contribution in [0, 0.1) is 5.41 Å². The third-order valence-corrected chi connectivity index (χ3v) is 4.59. The molecular formula is C13H14BrClN4O2. The first kappa shape index (κ1) is 14.6. The van der Waals surface area contributed by atoms with Crippen molar-refractivity contribution in [1.82, 2.24) is 19.3 Å². The van der Waals surface area contributed by atoms with E-state index in [9.17, 15) is 9.90 Å². The fourth-order valence-electron chi connectivity index (χ4n) is 2.92. The number of rotatable bonds is 1. The Balaban J connectivity index is 2.16. The number of likely N-dealkylation sites (tertiary alicyclic amines) is 1. The Labute approximate surface area is 134 Å². The van der Waals surface area contributed by atoms with Crippen molar-refractivity contribution in [3.05, 3.63) is 28.0 Å². The number of carboxylic acid groups (broad SMARTS) is 1. The van der Waals surface area contributed by atoms with Crippen LogP contribution in [0.25, 0.3) is 5.52 Å². The number of hydrogen-bond donors (Lipinski definition) is 1. The molecule has 0 bridgehead atoms. The van der Waals surface area contributed by atoms with E-state index in [2.05, 4.69) is 39.7 Å². The summed E-state index contributed by atoms with van der Waals surface area (Å²) >= 11 is 9.48. The monoisotopic (exact) mass is 372 g/mol. The van der Waals surface area contributed by atoms with E-state index in [4.69, 9.17) is 11.6 Å². The number of fused-ring (bicyclic) bond motifs is 1. The van der Waals surface area contributed by atoms with Crippen LogP contribution < -0.4 is 0 Å². The molecule has 0 saturated carbocycles. The van der Waals surface area contributed by atoms with Gasteiger partial charge in [0.25, 0.3) is 0 Å². The Bertz CT molecular complexity index is 730. The first-order valence-electron chi connectivity index (χ1n) is 6.48. The Morgan fingerprint density at radius 2 is 2.29 bits per heavy atom. The molecule has 1 fully saturated rings. The van der Waals surface area contributed by atoms with Gasteiger partial charge in [-0.15, -0.1) is 0 Å². The maximum Gasteiger partial charge on any atom is 0.407 e. The molecule has 1 atom stereocenters. The standard InChI is InChI=1S/C13H14BrClN4O2/c1-13(2)5-7(19(6-13)12(20)21)11-17-9(14)8-10(15)16-3-4-18(8)11/h3-4,7H,5-6H2,1-2H3,(H,20,21)/t7-/m0/s1. The molecule has 0 radical (unpaired) electrons. The lowest BCUT2D eigenvalue weighted by Gasteiger charge is -2.20. The minimum Gasteiger partial charge on any atom is -0.465 e. The third kappa shape index (κ3) is 2.38. The predicted octanol–water partition coefficient (Wildman–Crippen LogP) is 3.60. The molecule has 0 spiro atoms. The van der Waals surface area contributed by atoms with Gasteiger partial charge >= 0.3 is 6.09 Å². The number of imidazole rings is 1. The van der Waals surface area contributed by atoms with E-state index in [1.165, 1.54) is 4.90 Å². The highest BCUT2D eigenvalue weighted by Crippen LogP contribution is 2.43. The summed E-state index contributed by atoms with van der Waals surface area (Å²) in [5.74, 6) is 0.661. The summed E-state index contributed by atoms with van der Waals surface area (Å²) < 4.78 is 2.38. The summed E-state index contributed by atoms with van der Waals surface area (Å²) in [4.78, 5) is 21.5. The molecule has 3 rings (SSSR count). The first-order valence-corrected chi connectivity index (χ1v) is 7.65. The molecule has 1 amide bonds. The molecular weight excluding hydrogens is 360 g/mol. The average molecular weight is 374 g/mol. The van der Waals surface area contributed by atoms with E-state index >= 15 is 0 Å². The Morgan fingerprint density at radius 3 is 2.95 bits per heavy atom. The van der Waals surface area contributed by atoms with Gasteiger partial charge in [0.05, 0.1) is 6.04 Å². The van der Waals surface area contributed by atoms with Gasteiger partial charge in [0.2, 0.25) is 0 Å². The molecule has 21 heavy (non-hydrogen) atoms. The molecule has 0 aromatic carbocycles. The molecule has 1 aliphatic rings. The fraction of sp³-hybridized carbons (Fsp3) is 0.462. The van der Waals surface area contributed by atoms with E-state index in [0.29, 0.717) is 34.1 Å².